The zero-order valence-electron chi connectivity index (χ0n) is 19.9. The number of amides is 1. The van der Waals surface area contributed by atoms with E-state index in [9.17, 15) is 24.0 Å². The average Bonchev–Trinajstić information content (AvgIpc) is 2.78. The van der Waals surface area contributed by atoms with Crippen molar-refractivity contribution in [1.29, 1.82) is 0 Å². The van der Waals surface area contributed by atoms with Gasteiger partial charge in [-0.15, -0.1) is 0 Å². The first-order chi connectivity index (χ1) is 16.6. The highest BCUT2D eigenvalue weighted by Gasteiger charge is 2.51. The van der Waals surface area contributed by atoms with Crippen LogP contribution in [0.2, 0.25) is 0 Å². The normalized spacial score (nSPS) is 23.5. The highest BCUT2D eigenvalue weighted by atomic mass is 16.7. The fourth-order valence-electron chi connectivity index (χ4n) is 3.36. The third-order valence-corrected chi connectivity index (χ3v) is 4.68. The van der Waals surface area contributed by atoms with E-state index in [1.54, 1.807) is 24.3 Å². The molecular formula is C23H29NO11. The Labute approximate surface area is 202 Å². The molecular weight excluding hydrogens is 466 g/mol. The van der Waals surface area contributed by atoms with Gasteiger partial charge in [0.15, 0.2) is 18.5 Å². The molecule has 192 valence electrons. The summed E-state index contributed by atoms with van der Waals surface area (Å²) in [5.74, 6) is -3.35. The Balaban J connectivity index is 2.21. The Morgan fingerprint density at radius 2 is 1.49 bits per heavy atom. The van der Waals surface area contributed by atoms with Gasteiger partial charge in [-0.2, -0.15) is 0 Å². The van der Waals surface area contributed by atoms with Gasteiger partial charge in [0.05, 0.1) is 0 Å². The first kappa shape index (κ1) is 27.7. The molecule has 2 rings (SSSR count). The minimum absolute atomic E-state index is 0.0172. The van der Waals surface area contributed by atoms with Crippen LogP contribution < -0.4 is 5.32 Å². The van der Waals surface area contributed by atoms with Gasteiger partial charge in [-0.3, -0.25) is 19.2 Å². The maximum absolute atomic E-state index is 12.2. The number of ether oxygens (including phenoxy) is 6. The summed E-state index contributed by atoms with van der Waals surface area (Å²) >= 11 is 0. The fraction of sp³-hybridized carbons (Fsp3) is 0.522. The first-order valence-corrected chi connectivity index (χ1v) is 10.8. The van der Waals surface area contributed by atoms with Crippen LogP contribution in [0.25, 0.3) is 0 Å². The van der Waals surface area contributed by atoms with Crippen LogP contribution in [0, 0.1) is 0 Å². The van der Waals surface area contributed by atoms with Gasteiger partial charge in [0.2, 0.25) is 5.91 Å². The molecule has 12 nitrogen and oxygen atoms in total. The van der Waals surface area contributed by atoms with E-state index in [-0.39, 0.29) is 13.2 Å². The minimum atomic E-state index is -1.35. The number of esters is 4. The summed E-state index contributed by atoms with van der Waals surface area (Å²) in [6, 6.07) is 7.81. The third-order valence-electron chi connectivity index (χ3n) is 4.68. The van der Waals surface area contributed by atoms with Crippen molar-refractivity contribution < 1.29 is 52.4 Å². The van der Waals surface area contributed by atoms with Crippen LogP contribution in [0.5, 0.6) is 0 Å². The average molecular weight is 495 g/mol. The van der Waals surface area contributed by atoms with E-state index in [4.69, 9.17) is 28.4 Å². The summed E-state index contributed by atoms with van der Waals surface area (Å²) in [5, 5.41) is 2.54. The highest BCUT2D eigenvalue weighted by Crippen LogP contribution is 2.28. The van der Waals surface area contributed by atoms with Gasteiger partial charge < -0.3 is 33.7 Å². The van der Waals surface area contributed by atoms with Crippen molar-refractivity contribution in [3.8, 4) is 0 Å². The monoisotopic (exact) mass is 495 g/mol. The number of carbonyl (C=O) groups excluding carboxylic acids is 5. The van der Waals surface area contributed by atoms with Gasteiger partial charge in [-0.1, -0.05) is 30.3 Å². The molecule has 1 aliphatic rings. The fourth-order valence-corrected chi connectivity index (χ4v) is 3.36. The maximum Gasteiger partial charge on any atom is 0.332 e. The highest BCUT2D eigenvalue weighted by molar-refractivity contribution is 5.74. The smallest absolute Gasteiger partial charge is 0.332 e. The van der Waals surface area contributed by atoms with Gasteiger partial charge >= 0.3 is 23.9 Å². The van der Waals surface area contributed by atoms with Crippen molar-refractivity contribution >= 4 is 29.8 Å². The SMILES string of the molecule is CC(=O)N[C@H]1[C@H](OCC(=O)OCc2ccccc2)O[C@H](COC(C)=O)[C@H](OC(C)=O)[C@@H]1OC(C)=O. The van der Waals surface area contributed by atoms with Crippen LogP contribution in [-0.4, -0.2) is 73.6 Å². The van der Waals surface area contributed by atoms with Crippen LogP contribution in [0.1, 0.15) is 33.3 Å². The molecule has 1 amide bonds. The maximum atomic E-state index is 12.2. The molecule has 0 aromatic heterocycles. The van der Waals surface area contributed by atoms with Crippen LogP contribution in [0.4, 0.5) is 0 Å². The lowest BCUT2D eigenvalue weighted by molar-refractivity contribution is -0.277. The zero-order valence-corrected chi connectivity index (χ0v) is 19.9. The second-order valence-electron chi connectivity index (χ2n) is 7.68. The van der Waals surface area contributed by atoms with Crippen LogP contribution in [0.3, 0.4) is 0 Å². The lowest BCUT2D eigenvalue weighted by Crippen LogP contribution is -2.66. The first-order valence-electron chi connectivity index (χ1n) is 10.8. The van der Waals surface area contributed by atoms with E-state index >= 15 is 0 Å². The Hall–Kier alpha value is -3.51. The number of carbonyl (C=O) groups is 5. The van der Waals surface area contributed by atoms with Crippen molar-refractivity contribution in [2.45, 2.75) is 64.9 Å². The molecule has 0 radical (unpaired) electrons. The van der Waals surface area contributed by atoms with E-state index in [2.05, 4.69) is 5.32 Å². The Morgan fingerprint density at radius 1 is 0.857 bits per heavy atom. The summed E-state index contributed by atoms with van der Waals surface area (Å²) in [4.78, 5) is 59.0. The quantitative estimate of drug-likeness (QED) is 0.354. The van der Waals surface area contributed by atoms with Gasteiger partial charge in [0, 0.05) is 27.7 Å². The van der Waals surface area contributed by atoms with Crippen molar-refractivity contribution in [3.05, 3.63) is 35.9 Å². The molecule has 1 saturated heterocycles. The van der Waals surface area contributed by atoms with Gasteiger partial charge in [0.25, 0.3) is 0 Å². The molecule has 0 unspecified atom stereocenters. The summed E-state index contributed by atoms with van der Waals surface area (Å²) < 4.78 is 32.2. The summed E-state index contributed by atoms with van der Waals surface area (Å²) in [6.07, 6.45) is -5.01. The van der Waals surface area contributed by atoms with Crippen molar-refractivity contribution in [3.63, 3.8) is 0 Å². The predicted octanol–water partition coefficient (Wildman–Crippen LogP) is 0.403. The molecule has 1 fully saturated rings. The second-order valence-corrected chi connectivity index (χ2v) is 7.68. The second kappa shape index (κ2) is 13.4. The van der Waals surface area contributed by atoms with E-state index in [1.165, 1.54) is 13.8 Å². The summed E-state index contributed by atoms with van der Waals surface area (Å²) in [5.41, 5.74) is 0.770. The van der Waals surface area contributed by atoms with E-state index in [0.717, 1.165) is 19.4 Å². The van der Waals surface area contributed by atoms with Crippen molar-refractivity contribution in [2.75, 3.05) is 13.2 Å². The molecule has 5 atom stereocenters. The number of hydrogen-bond acceptors (Lipinski definition) is 11. The molecule has 12 heteroatoms. The van der Waals surface area contributed by atoms with Crippen molar-refractivity contribution in [1.82, 2.24) is 5.32 Å². The molecule has 1 aliphatic heterocycles. The zero-order chi connectivity index (χ0) is 26.0. The summed E-state index contributed by atoms with van der Waals surface area (Å²) in [7, 11) is 0. The van der Waals surface area contributed by atoms with Gasteiger partial charge in [-0.05, 0) is 5.56 Å². The van der Waals surface area contributed by atoms with Crippen molar-refractivity contribution in [2.24, 2.45) is 0 Å². The lowest BCUT2D eigenvalue weighted by Gasteiger charge is -2.44. The predicted molar refractivity (Wildman–Crippen MR) is 116 cm³/mol. The largest absolute Gasteiger partial charge is 0.463 e. The standard InChI is InChI=1S/C23H29NO11/c1-13(25)24-20-22(34-16(4)28)21(33-15(3)27)18(11-30-14(2)26)35-23(20)32-12-19(29)31-10-17-8-6-5-7-9-17/h5-9,18,20-23H,10-12H2,1-4H3,(H,24,25)/t18-,20-,21+,22-,23-/m1/s1. The molecule has 1 aromatic rings. The number of nitrogens with one attached hydrogen (secondary N) is 1. The van der Waals surface area contributed by atoms with Crippen LogP contribution >= 0.6 is 0 Å². The molecule has 0 bridgehead atoms. The Morgan fingerprint density at radius 3 is 2.06 bits per heavy atom. The van der Waals surface area contributed by atoms with E-state index in [1.807, 2.05) is 6.07 Å². The molecule has 0 saturated carbocycles. The molecule has 1 aromatic carbocycles. The number of hydrogen-bond donors (Lipinski definition) is 1. The minimum Gasteiger partial charge on any atom is -0.463 e. The molecule has 1 heterocycles. The Bertz CT molecular complexity index is 904. The number of rotatable bonds is 10. The lowest BCUT2D eigenvalue weighted by atomic mass is 9.96. The molecule has 1 N–H and O–H groups in total. The van der Waals surface area contributed by atoms with E-state index < -0.39 is 67.0 Å². The molecule has 0 spiro atoms. The Kier molecular flexibility index (Phi) is 10.6. The van der Waals surface area contributed by atoms with Crippen LogP contribution in [0.15, 0.2) is 30.3 Å². The summed E-state index contributed by atoms with van der Waals surface area (Å²) in [6.45, 7) is 3.71. The van der Waals surface area contributed by atoms with Crippen LogP contribution in [-0.2, 0) is 59.0 Å². The van der Waals surface area contributed by atoms with Gasteiger partial charge in [-0.25, -0.2) is 4.79 Å². The topological polar surface area (TPSA) is 153 Å². The van der Waals surface area contributed by atoms with E-state index in [0.29, 0.717) is 0 Å². The number of benzene rings is 1. The molecule has 0 aliphatic carbocycles. The third kappa shape index (κ3) is 9.33. The van der Waals surface area contributed by atoms with Gasteiger partial charge in [0.1, 0.15) is 32.0 Å². The molecule has 35 heavy (non-hydrogen) atoms.